The summed E-state index contributed by atoms with van der Waals surface area (Å²) in [6, 6.07) is 3.48. The predicted octanol–water partition coefficient (Wildman–Crippen LogP) is -0.216. The number of nitrogens with two attached hydrogens (primary N) is 1. The molecule has 1 unspecified atom stereocenters. The van der Waals surface area contributed by atoms with E-state index >= 15 is 0 Å². The minimum Gasteiger partial charge on any atom is -0.394 e. The van der Waals surface area contributed by atoms with Crippen LogP contribution in [0.5, 0.6) is 0 Å². The molecule has 4 fully saturated rings. The molecule has 72 valence electrons. The Bertz CT molecular complexity index is 472. The van der Waals surface area contributed by atoms with Gasteiger partial charge in [0.2, 0.25) is 0 Å². The maximum atomic E-state index is 11.8. The Labute approximate surface area is 80.3 Å². The van der Waals surface area contributed by atoms with Gasteiger partial charge in [0.05, 0.1) is 23.9 Å². The largest absolute Gasteiger partial charge is 0.394 e. The lowest BCUT2D eigenvalue weighted by Gasteiger charge is -2.10. The van der Waals surface area contributed by atoms with Crippen LogP contribution in [-0.2, 0) is 10.3 Å². The highest BCUT2D eigenvalue weighted by Crippen LogP contribution is 2.82. The lowest BCUT2D eigenvalue weighted by molar-refractivity contribution is 0.168. The van der Waals surface area contributed by atoms with Gasteiger partial charge in [-0.25, -0.2) is 0 Å². The Morgan fingerprint density at radius 3 is 3.14 bits per heavy atom. The van der Waals surface area contributed by atoms with Crippen molar-refractivity contribution in [3.05, 3.63) is 28.7 Å². The molecule has 2 aliphatic heterocycles. The van der Waals surface area contributed by atoms with E-state index in [1.165, 1.54) is 0 Å². The first kappa shape index (κ1) is 7.06. The van der Waals surface area contributed by atoms with Crippen molar-refractivity contribution < 1.29 is 4.74 Å². The molecule has 2 saturated carbocycles. The van der Waals surface area contributed by atoms with Crippen molar-refractivity contribution in [1.82, 2.24) is 4.57 Å². The summed E-state index contributed by atoms with van der Waals surface area (Å²) in [4.78, 5) is 11.8. The first-order valence-electron chi connectivity index (χ1n) is 4.87. The van der Waals surface area contributed by atoms with Gasteiger partial charge in [0.15, 0.2) is 0 Å². The van der Waals surface area contributed by atoms with Crippen molar-refractivity contribution in [2.75, 3.05) is 12.3 Å². The summed E-state index contributed by atoms with van der Waals surface area (Å²) in [5.74, 6) is 1.17. The van der Waals surface area contributed by atoms with Gasteiger partial charge in [0.25, 0.3) is 5.56 Å². The number of rotatable bonds is 1. The normalized spacial score (nSPS) is 46.1. The summed E-state index contributed by atoms with van der Waals surface area (Å²) in [5.41, 5.74) is 5.89. The number of anilines is 1. The van der Waals surface area contributed by atoms with E-state index in [0.29, 0.717) is 23.6 Å². The number of nitrogen functional groups attached to an aromatic ring is 1. The van der Waals surface area contributed by atoms with Crippen molar-refractivity contribution in [1.29, 1.82) is 0 Å². The Morgan fingerprint density at radius 1 is 1.64 bits per heavy atom. The van der Waals surface area contributed by atoms with Crippen LogP contribution in [0.3, 0.4) is 0 Å². The molecule has 2 saturated heterocycles. The van der Waals surface area contributed by atoms with Crippen LogP contribution in [0.4, 0.5) is 5.69 Å². The maximum absolute atomic E-state index is 11.8. The average molecular weight is 190 g/mol. The van der Waals surface area contributed by atoms with Gasteiger partial charge in [-0.1, -0.05) is 0 Å². The molecule has 5 rings (SSSR count). The number of hydrogen-bond donors (Lipinski definition) is 1. The van der Waals surface area contributed by atoms with Gasteiger partial charge in [-0.05, 0) is 12.1 Å². The van der Waals surface area contributed by atoms with E-state index in [1.807, 2.05) is 12.3 Å². The molecule has 3 heterocycles. The lowest BCUT2D eigenvalue weighted by atomic mass is 10.2. The van der Waals surface area contributed by atoms with Crippen LogP contribution in [0.25, 0.3) is 0 Å². The van der Waals surface area contributed by atoms with Gasteiger partial charge in [0.1, 0.15) is 0 Å². The van der Waals surface area contributed by atoms with E-state index in [9.17, 15) is 4.79 Å². The fourth-order valence-electron chi connectivity index (χ4n) is 3.16. The molecule has 2 bridgehead atoms. The third kappa shape index (κ3) is 0.483. The fraction of sp³-hybridized carbons (Fsp3) is 0.500. The van der Waals surface area contributed by atoms with E-state index < -0.39 is 0 Å². The van der Waals surface area contributed by atoms with E-state index in [0.717, 1.165) is 6.61 Å². The first-order valence-corrected chi connectivity index (χ1v) is 4.87. The Balaban J connectivity index is 1.93. The third-order valence-corrected chi connectivity index (χ3v) is 3.97. The third-order valence-electron chi connectivity index (χ3n) is 3.97. The summed E-state index contributed by atoms with van der Waals surface area (Å²) < 4.78 is 7.30. The summed E-state index contributed by atoms with van der Waals surface area (Å²) in [6.45, 7) is 0.816. The molecule has 1 aromatic rings. The molecule has 0 aromatic carbocycles. The quantitative estimate of drug-likeness (QED) is 0.666. The fourth-order valence-corrected chi connectivity index (χ4v) is 3.16. The number of hydrogen-bond acceptors (Lipinski definition) is 3. The maximum Gasteiger partial charge on any atom is 0.274 e. The lowest BCUT2D eigenvalue weighted by Crippen LogP contribution is -2.30. The molecule has 4 atom stereocenters. The monoisotopic (exact) mass is 190 g/mol. The van der Waals surface area contributed by atoms with Crippen molar-refractivity contribution in [2.24, 2.45) is 11.8 Å². The molecule has 4 nitrogen and oxygen atoms in total. The zero-order chi connectivity index (χ0) is 9.50. The first-order chi connectivity index (χ1) is 6.78. The molecule has 4 aliphatic rings. The number of ether oxygens (including phenoxy) is 1. The smallest absolute Gasteiger partial charge is 0.274 e. The van der Waals surface area contributed by atoms with Crippen LogP contribution in [0.15, 0.2) is 23.1 Å². The minimum atomic E-state index is -0.0620. The van der Waals surface area contributed by atoms with Crippen molar-refractivity contribution >= 4 is 5.69 Å². The van der Waals surface area contributed by atoms with E-state index in [4.69, 9.17) is 10.5 Å². The van der Waals surface area contributed by atoms with E-state index in [2.05, 4.69) is 0 Å². The zero-order valence-electron chi connectivity index (χ0n) is 7.51. The van der Waals surface area contributed by atoms with Crippen LogP contribution in [0.1, 0.15) is 0 Å². The van der Waals surface area contributed by atoms with Gasteiger partial charge in [-0.15, -0.1) is 0 Å². The van der Waals surface area contributed by atoms with Gasteiger partial charge in [-0.2, -0.15) is 0 Å². The highest BCUT2D eigenvalue weighted by molar-refractivity contribution is 5.44. The van der Waals surface area contributed by atoms with Crippen LogP contribution >= 0.6 is 0 Å². The molecule has 2 N–H and O–H groups in total. The van der Waals surface area contributed by atoms with Crippen LogP contribution in [-0.4, -0.2) is 17.3 Å². The molecular weight excluding hydrogens is 180 g/mol. The summed E-state index contributed by atoms with van der Waals surface area (Å²) in [5, 5.41) is 0. The standard InChI is InChI=1S/C10H10N2O2/c11-6-2-1-3-12(9(6)13)10-5-4-14-8(10)7(5)10/h1-3,5,7-8H,4,11H2/t5-,7-,8-,10?/m1/s1. The van der Waals surface area contributed by atoms with E-state index in [-0.39, 0.29) is 11.1 Å². The predicted molar refractivity (Wildman–Crippen MR) is 49.8 cm³/mol. The number of pyridine rings is 1. The van der Waals surface area contributed by atoms with Crippen LogP contribution in [0.2, 0.25) is 0 Å². The summed E-state index contributed by atoms with van der Waals surface area (Å²) >= 11 is 0. The van der Waals surface area contributed by atoms with Gasteiger partial charge >= 0.3 is 0 Å². The van der Waals surface area contributed by atoms with Crippen LogP contribution in [0, 0.1) is 11.8 Å². The molecule has 14 heavy (non-hydrogen) atoms. The second-order valence-corrected chi connectivity index (χ2v) is 4.41. The van der Waals surface area contributed by atoms with Crippen molar-refractivity contribution in [2.45, 2.75) is 11.6 Å². The Morgan fingerprint density at radius 2 is 2.50 bits per heavy atom. The molecule has 1 aromatic heterocycles. The topological polar surface area (TPSA) is 57.2 Å². The number of aromatic nitrogens is 1. The molecule has 4 heteroatoms. The average Bonchev–Trinajstić information content (AvgIpc) is 2.86. The minimum absolute atomic E-state index is 0.0203. The molecular formula is C10H10N2O2. The molecule has 0 radical (unpaired) electrons. The van der Waals surface area contributed by atoms with Crippen LogP contribution < -0.4 is 11.3 Å². The molecule has 0 amide bonds. The van der Waals surface area contributed by atoms with Gasteiger partial charge < -0.3 is 15.0 Å². The number of nitrogens with zero attached hydrogens (tertiary/aromatic N) is 1. The molecule has 0 spiro atoms. The number of fused-ring (bicyclic) bond motifs is 1. The van der Waals surface area contributed by atoms with Crippen molar-refractivity contribution in [3.63, 3.8) is 0 Å². The second-order valence-electron chi connectivity index (χ2n) is 4.41. The Kier molecular flexibility index (Phi) is 0.882. The molecule has 2 aliphatic carbocycles. The van der Waals surface area contributed by atoms with Crippen molar-refractivity contribution in [3.8, 4) is 0 Å². The highest BCUT2D eigenvalue weighted by atomic mass is 16.5. The summed E-state index contributed by atoms with van der Waals surface area (Å²) in [7, 11) is 0. The van der Waals surface area contributed by atoms with Gasteiger partial charge in [-0.3, -0.25) is 4.79 Å². The van der Waals surface area contributed by atoms with E-state index in [1.54, 1.807) is 10.6 Å². The second kappa shape index (κ2) is 1.75. The zero-order valence-corrected chi connectivity index (χ0v) is 7.51. The van der Waals surface area contributed by atoms with Gasteiger partial charge in [0, 0.05) is 18.0 Å². The Hall–Kier alpha value is -1.29. The summed E-state index contributed by atoms with van der Waals surface area (Å²) in [6.07, 6.45) is 2.13. The highest BCUT2D eigenvalue weighted by Gasteiger charge is 2.93. The SMILES string of the molecule is Nc1cccn(C23[C@@H]4[C@H]2CO[C@H]43)c1=O.